The van der Waals surface area contributed by atoms with Crippen LogP contribution in [0.1, 0.15) is 48.9 Å². The second-order valence-electron chi connectivity index (χ2n) is 7.49. The number of aryl methyl sites for hydroxylation is 2. The van der Waals surface area contributed by atoms with E-state index in [1.54, 1.807) is 0 Å². The Kier molecular flexibility index (Phi) is 7.24. The molecule has 1 aliphatic heterocycles. The topological polar surface area (TPSA) is 70.7 Å². The first-order valence-corrected chi connectivity index (χ1v) is 10.1. The highest BCUT2D eigenvalue weighted by Crippen LogP contribution is 2.24. The number of benzene rings is 1. The highest BCUT2D eigenvalue weighted by molar-refractivity contribution is 6.35. The zero-order chi connectivity index (χ0) is 19.1. The second-order valence-corrected chi connectivity index (χ2v) is 7.49. The molecule has 2 amide bonds. The number of amides is 2. The lowest BCUT2D eigenvalue weighted by Gasteiger charge is -2.26. The number of nitrogens with one attached hydrogen (secondary N) is 2. The fraction of sp³-hybridized carbons (Fsp3) is 0.619. The molecule has 148 valence electrons. The Morgan fingerprint density at radius 3 is 2.63 bits per heavy atom. The van der Waals surface area contributed by atoms with Gasteiger partial charge in [0.15, 0.2) is 0 Å². The molecule has 0 aromatic heterocycles. The number of morpholine rings is 1. The van der Waals surface area contributed by atoms with Crippen molar-refractivity contribution in [3.8, 4) is 0 Å². The van der Waals surface area contributed by atoms with E-state index in [1.807, 2.05) is 6.92 Å². The summed E-state index contributed by atoms with van der Waals surface area (Å²) < 4.78 is 5.32. The molecule has 2 aliphatic rings. The van der Waals surface area contributed by atoms with Gasteiger partial charge in [-0.25, -0.2) is 0 Å². The molecule has 1 aromatic carbocycles. The first kappa shape index (κ1) is 19.8. The molecule has 0 saturated carbocycles. The van der Waals surface area contributed by atoms with Crippen LogP contribution in [0.5, 0.6) is 0 Å². The van der Waals surface area contributed by atoms with Crippen LogP contribution in [0.3, 0.4) is 0 Å². The Bertz CT molecular complexity index is 656. The summed E-state index contributed by atoms with van der Waals surface area (Å²) in [7, 11) is 0. The first-order valence-electron chi connectivity index (χ1n) is 10.1. The van der Waals surface area contributed by atoms with Crippen LogP contribution >= 0.6 is 0 Å². The standard InChI is InChI=1S/C21H31N3O3/c1-16(18-8-7-17-5-2-3-6-19(17)15-18)23-21(26)20(25)22-9-4-10-24-11-13-27-14-12-24/h7-8,15-16H,2-6,9-14H2,1H3,(H,22,25)(H,23,26). The summed E-state index contributed by atoms with van der Waals surface area (Å²) in [5, 5.41) is 5.53. The van der Waals surface area contributed by atoms with Gasteiger partial charge in [-0.05, 0) is 62.3 Å². The van der Waals surface area contributed by atoms with Crippen LogP contribution in [0, 0.1) is 0 Å². The SMILES string of the molecule is CC(NC(=O)C(=O)NCCCN1CCOCC1)c1ccc2c(c1)CCCC2. The lowest BCUT2D eigenvalue weighted by molar-refractivity contribution is -0.139. The molecule has 27 heavy (non-hydrogen) atoms. The van der Waals surface area contributed by atoms with Gasteiger partial charge in [0.1, 0.15) is 0 Å². The van der Waals surface area contributed by atoms with Crippen molar-refractivity contribution < 1.29 is 14.3 Å². The second kappa shape index (κ2) is 9.85. The van der Waals surface area contributed by atoms with Crippen LogP contribution in [0.25, 0.3) is 0 Å². The van der Waals surface area contributed by atoms with Gasteiger partial charge in [-0.1, -0.05) is 18.2 Å². The van der Waals surface area contributed by atoms with E-state index in [0.717, 1.165) is 57.7 Å². The fourth-order valence-corrected chi connectivity index (χ4v) is 3.78. The van der Waals surface area contributed by atoms with E-state index in [9.17, 15) is 9.59 Å². The molecule has 2 N–H and O–H groups in total. The molecule has 0 radical (unpaired) electrons. The molecule has 1 aliphatic carbocycles. The maximum absolute atomic E-state index is 12.2. The molecule has 1 unspecified atom stereocenters. The molecular formula is C21H31N3O3. The van der Waals surface area contributed by atoms with Crippen molar-refractivity contribution in [2.24, 2.45) is 0 Å². The average molecular weight is 373 g/mol. The van der Waals surface area contributed by atoms with E-state index in [2.05, 4.69) is 33.7 Å². The minimum absolute atomic E-state index is 0.177. The molecule has 6 nitrogen and oxygen atoms in total. The van der Waals surface area contributed by atoms with Gasteiger partial charge in [0.05, 0.1) is 19.3 Å². The summed E-state index contributed by atoms with van der Waals surface area (Å²) in [6.45, 7) is 6.77. The normalized spacial score (nSPS) is 18.4. The fourth-order valence-electron chi connectivity index (χ4n) is 3.78. The van der Waals surface area contributed by atoms with Gasteiger partial charge in [-0.3, -0.25) is 14.5 Å². The van der Waals surface area contributed by atoms with Crippen molar-refractivity contribution in [1.82, 2.24) is 15.5 Å². The van der Waals surface area contributed by atoms with Crippen LogP contribution in [0.2, 0.25) is 0 Å². The summed E-state index contributed by atoms with van der Waals surface area (Å²) in [6.07, 6.45) is 5.56. The Morgan fingerprint density at radius 2 is 1.85 bits per heavy atom. The number of carbonyl (C=O) groups is 2. The number of hydrogen-bond donors (Lipinski definition) is 2. The lowest BCUT2D eigenvalue weighted by atomic mass is 9.89. The van der Waals surface area contributed by atoms with E-state index < -0.39 is 11.8 Å². The summed E-state index contributed by atoms with van der Waals surface area (Å²) in [5.74, 6) is -1.12. The van der Waals surface area contributed by atoms with Crippen LogP contribution in [-0.2, 0) is 27.2 Å². The van der Waals surface area contributed by atoms with Gasteiger partial charge in [0.2, 0.25) is 0 Å². The first-order chi connectivity index (χ1) is 13.1. The number of fused-ring (bicyclic) bond motifs is 1. The van der Waals surface area contributed by atoms with Gasteiger partial charge in [-0.2, -0.15) is 0 Å². The smallest absolute Gasteiger partial charge is 0.309 e. The summed E-state index contributed by atoms with van der Waals surface area (Å²) >= 11 is 0. The highest BCUT2D eigenvalue weighted by atomic mass is 16.5. The van der Waals surface area contributed by atoms with Gasteiger partial charge >= 0.3 is 11.8 Å². The van der Waals surface area contributed by atoms with Crippen LogP contribution in [-0.4, -0.2) is 56.1 Å². The number of nitrogens with zero attached hydrogens (tertiary/aromatic N) is 1. The minimum atomic E-state index is -0.563. The predicted molar refractivity (Wildman–Crippen MR) is 105 cm³/mol. The van der Waals surface area contributed by atoms with Crippen molar-refractivity contribution in [3.05, 3.63) is 34.9 Å². The molecule has 0 bridgehead atoms. The monoisotopic (exact) mass is 373 g/mol. The van der Waals surface area contributed by atoms with Crippen LogP contribution in [0.4, 0.5) is 0 Å². The van der Waals surface area contributed by atoms with E-state index in [-0.39, 0.29) is 6.04 Å². The summed E-state index contributed by atoms with van der Waals surface area (Å²) in [6, 6.07) is 6.23. The third-order valence-corrected chi connectivity index (χ3v) is 5.47. The largest absolute Gasteiger partial charge is 0.379 e. The molecule has 1 heterocycles. The predicted octanol–water partition coefficient (Wildman–Crippen LogP) is 1.58. The Hall–Kier alpha value is -1.92. The Balaban J connectivity index is 1.40. The molecule has 6 heteroatoms. The van der Waals surface area contributed by atoms with E-state index in [0.29, 0.717) is 6.54 Å². The lowest BCUT2D eigenvalue weighted by Crippen LogP contribution is -2.42. The zero-order valence-electron chi connectivity index (χ0n) is 16.3. The average Bonchev–Trinajstić information content (AvgIpc) is 2.71. The van der Waals surface area contributed by atoms with Crippen LogP contribution < -0.4 is 10.6 Å². The molecule has 1 saturated heterocycles. The Labute approximate surface area is 161 Å². The summed E-state index contributed by atoms with van der Waals surface area (Å²) in [4.78, 5) is 26.5. The van der Waals surface area contributed by atoms with Gasteiger partial charge in [0.25, 0.3) is 0 Å². The van der Waals surface area contributed by atoms with E-state index >= 15 is 0 Å². The zero-order valence-corrected chi connectivity index (χ0v) is 16.3. The highest BCUT2D eigenvalue weighted by Gasteiger charge is 2.18. The van der Waals surface area contributed by atoms with Crippen molar-refractivity contribution in [3.63, 3.8) is 0 Å². The van der Waals surface area contributed by atoms with Crippen molar-refractivity contribution in [1.29, 1.82) is 0 Å². The number of ether oxygens (including phenoxy) is 1. The van der Waals surface area contributed by atoms with Gasteiger partial charge < -0.3 is 15.4 Å². The van der Waals surface area contributed by atoms with Crippen molar-refractivity contribution >= 4 is 11.8 Å². The van der Waals surface area contributed by atoms with E-state index in [4.69, 9.17) is 4.74 Å². The molecule has 1 aromatic rings. The Morgan fingerprint density at radius 1 is 1.11 bits per heavy atom. The van der Waals surface area contributed by atoms with Crippen molar-refractivity contribution in [2.75, 3.05) is 39.4 Å². The van der Waals surface area contributed by atoms with Crippen LogP contribution in [0.15, 0.2) is 18.2 Å². The number of carbonyl (C=O) groups excluding carboxylic acids is 2. The molecule has 3 rings (SSSR count). The van der Waals surface area contributed by atoms with E-state index in [1.165, 1.54) is 24.0 Å². The minimum Gasteiger partial charge on any atom is -0.379 e. The van der Waals surface area contributed by atoms with Crippen molar-refractivity contribution in [2.45, 2.75) is 45.1 Å². The molecule has 1 atom stereocenters. The third-order valence-electron chi connectivity index (χ3n) is 5.47. The number of rotatable bonds is 6. The quantitative estimate of drug-likeness (QED) is 0.587. The maximum Gasteiger partial charge on any atom is 0.309 e. The van der Waals surface area contributed by atoms with Gasteiger partial charge in [-0.15, -0.1) is 0 Å². The molecular weight excluding hydrogens is 342 g/mol. The molecule has 0 spiro atoms. The summed E-state index contributed by atoms with van der Waals surface area (Å²) in [5.41, 5.74) is 3.86. The number of hydrogen-bond acceptors (Lipinski definition) is 4. The third kappa shape index (κ3) is 5.78. The molecule has 1 fully saturated rings. The van der Waals surface area contributed by atoms with Gasteiger partial charge in [0, 0.05) is 19.6 Å². The maximum atomic E-state index is 12.2.